The molecule has 1 fully saturated rings. The van der Waals surface area contributed by atoms with Crippen molar-refractivity contribution in [3.05, 3.63) is 35.4 Å². The number of aliphatic hydroxyl groups is 1. The molecule has 0 radical (unpaired) electrons. The summed E-state index contributed by atoms with van der Waals surface area (Å²) in [5, 5.41) is 15.2. The third kappa shape index (κ3) is 3.71. The number of hydrogen-bond acceptors (Lipinski definition) is 3. The Balaban J connectivity index is 1.84. The predicted molar refractivity (Wildman–Crippen MR) is 65.4 cm³/mol. The van der Waals surface area contributed by atoms with Gasteiger partial charge in [-0.05, 0) is 11.6 Å². The van der Waals surface area contributed by atoms with E-state index < -0.39 is 17.7 Å². The average Bonchev–Trinajstić information content (AvgIpc) is 2.76. The molecular weight excluding hydrogens is 254 g/mol. The van der Waals surface area contributed by atoms with E-state index in [4.69, 9.17) is 0 Å². The number of aliphatic hydroxyl groups excluding tert-OH is 1. The summed E-state index contributed by atoms with van der Waals surface area (Å²) in [6, 6.07) is 3.14. The van der Waals surface area contributed by atoms with Crippen molar-refractivity contribution in [2.24, 2.45) is 5.92 Å². The minimum Gasteiger partial charge on any atom is -0.391 e. The molecule has 1 aromatic carbocycles. The fourth-order valence-corrected chi connectivity index (χ4v) is 2.07. The van der Waals surface area contributed by atoms with E-state index in [9.17, 15) is 18.7 Å². The second-order valence-corrected chi connectivity index (χ2v) is 4.70. The van der Waals surface area contributed by atoms with Gasteiger partial charge in [0.05, 0.1) is 12.5 Å². The van der Waals surface area contributed by atoms with Crippen molar-refractivity contribution in [3.8, 4) is 0 Å². The quantitative estimate of drug-likeness (QED) is 0.732. The maximum Gasteiger partial charge on any atom is 0.224 e. The Labute approximate surface area is 109 Å². The number of hydrogen-bond donors (Lipinski definition) is 3. The van der Waals surface area contributed by atoms with Gasteiger partial charge in [-0.3, -0.25) is 4.79 Å². The molecular formula is C13H16F2N2O2. The van der Waals surface area contributed by atoms with Crippen LogP contribution in [0.15, 0.2) is 18.2 Å². The predicted octanol–water partition coefficient (Wildman–Crippen LogP) is 0.204. The third-order valence-electron chi connectivity index (χ3n) is 3.23. The normalized spacial score (nSPS) is 22.5. The molecule has 104 valence electrons. The summed E-state index contributed by atoms with van der Waals surface area (Å²) in [5.74, 6) is -1.76. The zero-order valence-corrected chi connectivity index (χ0v) is 10.3. The van der Waals surface area contributed by atoms with Crippen LogP contribution in [0.3, 0.4) is 0 Å². The monoisotopic (exact) mass is 270 g/mol. The average molecular weight is 270 g/mol. The highest BCUT2D eigenvalue weighted by molar-refractivity contribution is 5.78. The van der Waals surface area contributed by atoms with Crippen molar-refractivity contribution in [1.82, 2.24) is 10.6 Å². The smallest absolute Gasteiger partial charge is 0.224 e. The van der Waals surface area contributed by atoms with Crippen LogP contribution in [-0.2, 0) is 11.2 Å². The molecule has 1 aliphatic heterocycles. The first-order valence-corrected chi connectivity index (χ1v) is 6.15. The van der Waals surface area contributed by atoms with Gasteiger partial charge in [0.2, 0.25) is 5.91 Å². The summed E-state index contributed by atoms with van der Waals surface area (Å²) in [5.41, 5.74) is 0.156. The molecule has 3 N–H and O–H groups in total. The molecule has 0 aliphatic carbocycles. The number of carbonyl (C=O) groups is 1. The molecule has 1 aromatic rings. The van der Waals surface area contributed by atoms with Gasteiger partial charge < -0.3 is 15.7 Å². The summed E-state index contributed by atoms with van der Waals surface area (Å²) in [4.78, 5) is 11.6. The van der Waals surface area contributed by atoms with Crippen LogP contribution >= 0.6 is 0 Å². The zero-order valence-electron chi connectivity index (χ0n) is 10.3. The Morgan fingerprint density at radius 1 is 1.42 bits per heavy atom. The van der Waals surface area contributed by atoms with E-state index >= 15 is 0 Å². The summed E-state index contributed by atoms with van der Waals surface area (Å²) in [6.45, 7) is 1.51. The fourth-order valence-electron chi connectivity index (χ4n) is 2.07. The van der Waals surface area contributed by atoms with Gasteiger partial charge >= 0.3 is 0 Å². The van der Waals surface area contributed by atoms with Gasteiger partial charge in [0.15, 0.2) is 0 Å². The second kappa shape index (κ2) is 6.08. The second-order valence-electron chi connectivity index (χ2n) is 4.70. The van der Waals surface area contributed by atoms with Crippen molar-refractivity contribution in [3.63, 3.8) is 0 Å². The Morgan fingerprint density at radius 3 is 2.84 bits per heavy atom. The number of β-amino-alcohol motifs (C(OH)–C–C–N with tert-alkyl or cyclic N) is 1. The van der Waals surface area contributed by atoms with Crippen LogP contribution in [0.2, 0.25) is 0 Å². The lowest BCUT2D eigenvalue weighted by atomic mass is 10.1. The SMILES string of the molecule is O=C(Cc1ccc(F)cc1F)NCC1CNCC1O. The number of halogens is 2. The van der Waals surface area contributed by atoms with Crippen molar-refractivity contribution in [2.45, 2.75) is 12.5 Å². The largest absolute Gasteiger partial charge is 0.391 e. The van der Waals surface area contributed by atoms with Gasteiger partial charge in [-0.2, -0.15) is 0 Å². The van der Waals surface area contributed by atoms with Crippen LogP contribution in [0.25, 0.3) is 0 Å². The topological polar surface area (TPSA) is 61.4 Å². The number of carbonyl (C=O) groups excluding carboxylic acids is 1. The molecule has 0 aromatic heterocycles. The summed E-state index contributed by atoms with van der Waals surface area (Å²) < 4.78 is 26.0. The number of amides is 1. The van der Waals surface area contributed by atoms with E-state index in [1.807, 2.05) is 0 Å². The van der Waals surface area contributed by atoms with Crippen LogP contribution < -0.4 is 10.6 Å². The van der Waals surface area contributed by atoms with Crippen LogP contribution in [0, 0.1) is 17.6 Å². The lowest BCUT2D eigenvalue weighted by Gasteiger charge is -2.14. The molecule has 19 heavy (non-hydrogen) atoms. The fraction of sp³-hybridized carbons (Fsp3) is 0.462. The van der Waals surface area contributed by atoms with Gasteiger partial charge in [-0.1, -0.05) is 6.07 Å². The molecule has 4 nitrogen and oxygen atoms in total. The summed E-state index contributed by atoms with van der Waals surface area (Å²) in [6.07, 6.45) is -0.606. The Morgan fingerprint density at radius 2 is 2.21 bits per heavy atom. The van der Waals surface area contributed by atoms with Crippen LogP contribution in [-0.4, -0.2) is 36.8 Å². The van der Waals surface area contributed by atoms with Crippen LogP contribution in [0.1, 0.15) is 5.56 Å². The molecule has 0 saturated carbocycles. The van der Waals surface area contributed by atoms with E-state index in [0.717, 1.165) is 12.1 Å². The highest BCUT2D eigenvalue weighted by Gasteiger charge is 2.25. The van der Waals surface area contributed by atoms with Crippen molar-refractivity contribution < 1.29 is 18.7 Å². The highest BCUT2D eigenvalue weighted by Crippen LogP contribution is 2.11. The summed E-state index contributed by atoms with van der Waals surface area (Å²) >= 11 is 0. The molecule has 1 saturated heterocycles. The first kappa shape index (κ1) is 13.9. The lowest BCUT2D eigenvalue weighted by Crippen LogP contribution is -2.35. The molecule has 6 heteroatoms. The Kier molecular flexibility index (Phi) is 4.44. The molecule has 2 atom stereocenters. The maximum atomic E-state index is 13.3. The van der Waals surface area contributed by atoms with Crippen molar-refractivity contribution in [1.29, 1.82) is 0 Å². The lowest BCUT2D eigenvalue weighted by molar-refractivity contribution is -0.120. The molecule has 1 amide bonds. The third-order valence-corrected chi connectivity index (χ3v) is 3.23. The van der Waals surface area contributed by atoms with E-state index in [2.05, 4.69) is 10.6 Å². The molecule has 2 unspecified atom stereocenters. The van der Waals surface area contributed by atoms with Crippen LogP contribution in [0.4, 0.5) is 8.78 Å². The van der Waals surface area contributed by atoms with E-state index in [-0.39, 0.29) is 23.8 Å². The first-order valence-electron chi connectivity index (χ1n) is 6.15. The van der Waals surface area contributed by atoms with E-state index in [1.165, 1.54) is 6.07 Å². The number of rotatable bonds is 4. The standard InChI is InChI=1S/C13H16F2N2O2/c14-10-2-1-8(11(15)4-10)3-13(19)17-6-9-5-16-7-12(9)18/h1-2,4,9,12,16,18H,3,5-7H2,(H,17,19). The van der Waals surface area contributed by atoms with Gasteiger partial charge in [0.25, 0.3) is 0 Å². The number of nitrogens with one attached hydrogen (secondary N) is 2. The molecule has 0 bridgehead atoms. The Bertz CT molecular complexity index is 468. The molecule has 2 rings (SSSR count). The minimum atomic E-state index is -0.724. The Hall–Kier alpha value is -1.53. The summed E-state index contributed by atoms with van der Waals surface area (Å²) in [7, 11) is 0. The molecule has 0 spiro atoms. The zero-order chi connectivity index (χ0) is 13.8. The first-order chi connectivity index (χ1) is 9.06. The highest BCUT2D eigenvalue weighted by atomic mass is 19.1. The molecule has 1 heterocycles. The van der Waals surface area contributed by atoms with Gasteiger partial charge in [0, 0.05) is 31.6 Å². The minimum absolute atomic E-state index is 0.0259. The van der Waals surface area contributed by atoms with Gasteiger partial charge in [0.1, 0.15) is 11.6 Å². The molecule has 1 aliphatic rings. The van der Waals surface area contributed by atoms with Crippen molar-refractivity contribution >= 4 is 5.91 Å². The van der Waals surface area contributed by atoms with Crippen molar-refractivity contribution in [2.75, 3.05) is 19.6 Å². The van der Waals surface area contributed by atoms with Gasteiger partial charge in [-0.15, -0.1) is 0 Å². The van der Waals surface area contributed by atoms with E-state index in [0.29, 0.717) is 19.6 Å². The maximum absolute atomic E-state index is 13.3. The van der Waals surface area contributed by atoms with Gasteiger partial charge in [-0.25, -0.2) is 8.78 Å². The van der Waals surface area contributed by atoms with Crippen LogP contribution in [0.5, 0.6) is 0 Å². The number of benzene rings is 1. The van der Waals surface area contributed by atoms with E-state index in [1.54, 1.807) is 0 Å².